The Morgan fingerprint density at radius 3 is 2.43 bits per heavy atom. The summed E-state index contributed by atoms with van der Waals surface area (Å²) in [5.41, 5.74) is 4.35. The number of phenols is 1. The molecular formula is C38H49N3O12. The Hall–Kier alpha value is -4.51. The van der Waals surface area contributed by atoms with Crippen molar-refractivity contribution >= 4 is 29.4 Å². The van der Waals surface area contributed by atoms with Crippen LogP contribution >= 0.6 is 0 Å². The van der Waals surface area contributed by atoms with Gasteiger partial charge in [0.2, 0.25) is 12.4 Å². The molecule has 2 aromatic carbocycles. The van der Waals surface area contributed by atoms with Crippen LogP contribution in [-0.4, -0.2) is 109 Å². The topological polar surface area (TPSA) is 254 Å². The Kier molecular flexibility index (Phi) is 12.5. The van der Waals surface area contributed by atoms with Gasteiger partial charge in [0.05, 0.1) is 17.7 Å². The van der Waals surface area contributed by atoms with Crippen LogP contribution in [0.2, 0.25) is 0 Å². The maximum Gasteiger partial charge on any atom is 0.335 e. The van der Waals surface area contributed by atoms with Gasteiger partial charge in [-0.25, -0.2) is 4.79 Å². The molecule has 53 heavy (non-hydrogen) atoms. The van der Waals surface area contributed by atoms with Crippen molar-refractivity contribution in [2.24, 2.45) is 28.5 Å². The second-order valence-electron chi connectivity index (χ2n) is 14.4. The number of primary amides is 1. The number of hydrogen-bond donors (Lipinski definition) is 9. The number of phenolic OH excluding ortho intramolecular Hbond substituents is 1. The minimum Gasteiger partial charge on any atom is -0.508 e. The summed E-state index contributed by atoms with van der Waals surface area (Å²) in [6, 6.07) is 9.57. The lowest BCUT2D eigenvalue weighted by Crippen LogP contribution is -2.75. The quantitative estimate of drug-likeness (QED) is 0.112. The summed E-state index contributed by atoms with van der Waals surface area (Å²) in [5, 5.41) is 79.0. The van der Waals surface area contributed by atoms with E-state index in [9.17, 15) is 45.3 Å². The average molecular weight is 740 g/mol. The van der Waals surface area contributed by atoms with Gasteiger partial charge in [0.1, 0.15) is 41.4 Å². The highest BCUT2D eigenvalue weighted by molar-refractivity contribution is 6.03. The summed E-state index contributed by atoms with van der Waals surface area (Å²) < 4.78 is 17.3. The number of hydrogen-bond acceptors (Lipinski definition) is 13. The number of amides is 1. The van der Waals surface area contributed by atoms with Crippen LogP contribution < -0.4 is 20.5 Å². The van der Waals surface area contributed by atoms with Crippen molar-refractivity contribution in [2.75, 3.05) is 13.1 Å². The molecule has 3 aliphatic heterocycles. The Bertz CT molecular complexity index is 1730. The monoisotopic (exact) mass is 739 g/mol. The molecule has 10 N–H and O–H groups in total. The number of carbonyl (C=O) groups excluding carboxylic acids is 1. The van der Waals surface area contributed by atoms with Crippen molar-refractivity contribution in [1.29, 1.82) is 0 Å². The number of carboxylic acid groups (broad SMARTS) is 1. The van der Waals surface area contributed by atoms with Crippen LogP contribution in [0.4, 0.5) is 0 Å². The molecule has 2 aromatic rings. The van der Waals surface area contributed by atoms with Gasteiger partial charge in [0.15, 0.2) is 11.7 Å². The Morgan fingerprint density at radius 2 is 1.81 bits per heavy atom. The first kappa shape index (κ1) is 39.7. The van der Waals surface area contributed by atoms with Gasteiger partial charge in [0, 0.05) is 18.8 Å². The van der Waals surface area contributed by atoms with E-state index in [-0.39, 0.29) is 52.5 Å². The van der Waals surface area contributed by atoms with E-state index in [1.54, 1.807) is 6.21 Å². The molecule has 5 rings (SSSR count). The molecule has 15 nitrogen and oxygen atoms in total. The third-order valence-electron chi connectivity index (χ3n) is 10.1. The van der Waals surface area contributed by atoms with E-state index < -0.39 is 54.4 Å². The second-order valence-corrected chi connectivity index (χ2v) is 14.4. The molecule has 0 aliphatic carbocycles. The molecule has 0 saturated carbocycles. The molecule has 0 radical (unpaired) electrons. The van der Waals surface area contributed by atoms with Gasteiger partial charge in [-0.05, 0) is 59.6 Å². The summed E-state index contributed by atoms with van der Waals surface area (Å²) >= 11 is 0. The zero-order valence-corrected chi connectivity index (χ0v) is 29.8. The molecule has 9 atom stereocenters. The maximum absolute atomic E-state index is 12.5. The maximum atomic E-state index is 12.5. The number of aliphatic hydroxyl groups is 5. The van der Waals surface area contributed by atoms with Crippen molar-refractivity contribution in [1.82, 2.24) is 5.32 Å². The smallest absolute Gasteiger partial charge is 0.335 e. The predicted octanol–water partition coefficient (Wildman–Crippen LogP) is 2.09. The number of benzene rings is 2. The van der Waals surface area contributed by atoms with E-state index in [0.29, 0.717) is 24.4 Å². The third kappa shape index (κ3) is 8.67. The number of carbonyl (C=O) groups is 2. The summed E-state index contributed by atoms with van der Waals surface area (Å²) in [7, 11) is 0. The molecule has 3 aliphatic rings. The zero-order valence-electron chi connectivity index (χ0n) is 29.8. The summed E-state index contributed by atoms with van der Waals surface area (Å²) in [6.07, 6.45) is -4.65. The largest absolute Gasteiger partial charge is 0.508 e. The molecule has 0 bridgehead atoms. The highest BCUT2D eigenvalue weighted by Gasteiger charge is 2.62. The van der Waals surface area contributed by atoms with Gasteiger partial charge in [-0.3, -0.25) is 15.1 Å². The van der Waals surface area contributed by atoms with Gasteiger partial charge in [-0.2, -0.15) is 0 Å². The minimum absolute atomic E-state index is 0.0421. The molecule has 15 heteroatoms. The first-order valence-corrected chi connectivity index (χ1v) is 17.7. The molecule has 1 fully saturated rings. The predicted molar refractivity (Wildman–Crippen MR) is 193 cm³/mol. The third-order valence-corrected chi connectivity index (χ3v) is 10.1. The number of aromatic hydroxyl groups is 1. The molecule has 0 aromatic heterocycles. The lowest BCUT2D eigenvalue weighted by molar-refractivity contribution is -0.338. The normalized spacial score (nSPS) is 27.1. The number of nitrogens with zero attached hydrogens (tertiary/aromatic N) is 1. The van der Waals surface area contributed by atoms with Gasteiger partial charge >= 0.3 is 5.97 Å². The van der Waals surface area contributed by atoms with Crippen LogP contribution in [0, 0.1) is 17.8 Å². The van der Waals surface area contributed by atoms with E-state index in [0.717, 1.165) is 24.8 Å². The van der Waals surface area contributed by atoms with Crippen molar-refractivity contribution in [3.63, 3.8) is 0 Å². The molecule has 1 saturated heterocycles. The number of rotatable bonds is 16. The van der Waals surface area contributed by atoms with E-state index in [4.69, 9.17) is 19.9 Å². The molecule has 1 amide bonds. The van der Waals surface area contributed by atoms with Crippen LogP contribution in [0.1, 0.15) is 57.6 Å². The number of ether oxygens (including phenoxy) is 3. The van der Waals surface area contributed by atoms with E-state index in [1.807, 2.05) is 6.08 Å². The van der Waals surface area contributed by atoms with Gasteiger partial charge in [-0.15, -0.1) is 0 Å². The molecule has 3 heterocycles. The van der Waals surface area contributed by atoms with Gasteiger partial charge in [0.25, 0.3) is 5.91 Å². The fraction of sp³-hybridized carbons (Fsp3) is 0.500. The number of aliphatic hydroxyl groups excluding tert-OH is 4. The summed E-state index contributed by atoms with van der Waals surface area (Å²) in [5.74, 6) is -2.56. The fourth-order valence-corrected chi connectivity index (χ4v) is 6.91. The Morgan fingerprint density at radius 1 is 1.09 bits per heavy atom. The first-order valence-electron chi connectivity index (χ1n) is 17.7. The number of aliphatic imine (C=N–C) groups is 1. The number of nitrogens with two attached hydrogens (primary N) is 1. The SMILES string of the molecule is CC(C)CCCC(C)C(CNC(O)C1(O)C(Oc2ccc3c(c2)OC(C(N)=O)C(c2ccc(O)cc2)=C3O)OC(C(=O)O)C(O)C1O)CC1=CCN=C1. The van der Waals surface area contributed by atoms with E-state index >= 15 is 0 Å². The fourth-order valence-electron chi connectivity index (χ4n) is 6.91. The lowest BCUT2D eigenvalue weighted by atomic mass is 9.82. The van der Waals surface area contributed by atoms with Crippen molar-refractivity contribution in [2.45, 2.75) is 89.0 Å². The van der Waals surface area contributed by atoms with E-state index in [1.165, 1.54) is 42.5 Å². The summed E-state index contributed by atoms with van der Waals surface area (Å²) in [4.78, 5) is 28.8. The number of aliphatic carboxylic acids is 1. The highest BCUT2D eigenvalue weighted by atomic mass is 16.7. The number of allylic oxidation sites excluding steroid dienone is 1. The van der Waals surface area contributed by atoms with Gasteiger partial charge in [-0.1, -0.05) is 58.2 Å². The second kappa shape index (κ2) is 16.7. The molecule has 9 unspecified atom stereocenters. The Balaban J connectivity index is 1.42. The number of carboxylic acids is 1. The molecule has 0 spiro atoms. The van der Waals surface area contributed by atoms with Crippen molar-refractivity contribution < 1.29 is 59.5 Å². The van der Waals surface area contributed by atoms with Crippen LogP contribution in [0.5, 0.6) is 17.2 Å². The number of nitrogens with one attached hydrogen (secondary N) is 1. The standard InChI is InChI=1S/C38H49N3O12/c1-19(2)5-4-6-20(3)23(15-21-13-14-40-17-21)18-41-36(49)38(50)33(45)30(44)32(35(47)48)53-37(38)51-25-11-12-26-27(16-25)52-31(34(39)46)28(29(26)43)22-7-9-24(42)10-8-22/h7-13,16-17,19-20,23,30-33,36-37,41-45,49-50H,4-6,14-15,18H2,1-3H3,(H2,39,46)(H,47,48). The molecule has 288 valence electrons. The van der Waals surface area contributed by atoms with Crippen LogP contribution in [0.15, 0.2) is 59.1 Å². The van der Waals surface area contributed by atoms with Crippen LogP contribution in [-0.2, 0) is 14.3 Å². The Labute approximate surface area is 307 Å². The summed E-state index contributed by atoms with van der Waals surface area (Å²) in [6.45, 7) is 7.16. The van der Waals surface area contributed by atoms with Crippen molar-refractivity contribution in [3.8, 4) is 17.2 Å². The highest BCUT2D eigenvalue weighted by Crippen LogP contribution is 2.42. The van der Waals surface area contributed by atoms with Gasteiger partial charge < -0.3 is 55.7 Å². The van der Waals surface area contributed by atoms with Crippen LogP contribution in [0.3, 0.4) is 0 Å². The number of fused-ring (bicyclic) bond motifs is 1. The zero-order chi connectivity index (χ0) is 38.6. The first-order chi connectivity index (χ1) is 25.1. The lowest BCUT2D eigenvalue weighted by Gasteiger charge is -2.48. The van der Waals surface area contributed by atoms with Crippen LogP contribution in [0.25, 0.3) is 11.3 Å². The van der Waals surface area contributed by atoms with Crippen molar-refractivity contribution in [3.05, 3.63) is 65.2 Å². The molecular weight excluding hydrogens is 690 g/mol. The average Bonchev–Trinajstić information content (AvgIpc) is 3.63. The van der Waals surface area contributed by atoms with E-state index in [2.05, 4.69) is 31.1 Å². The minimum atomic E-state index is -2.83.